The molecule has 1 fully saturated rings. The van der Waals surface area contributed by atoms with Crippen molar-refractivity contribution in [3.8, 4) is 11.5 Å². The summed E-state index contributed by atoms with van der Waals surface area (Å²) in [7, 11) is 1.60. The average Bonchev–Trinajstić information content (AvgIpc) is 2.69. The molecule has 1 heterocycles. The van der Waals surface area contributed by atoms with Gasteiger partial charge in [-0.25, -0.2) is 0 Å². The number of amides is 1. The SMILES string of the molecule is COc1cccc(C(=O)N2CCN(CCOc3ccccc3Cl)CC2)c1. The number of nitrogens with zero attached hydrogens (tertiary/aromatic N) is 2. The van der Waals surface area contributed by atoms with Crippen molar-refractivity contribution in [3.63, 3.8) is 0 Å². The molecule has 0 radical (unpaired) electrons. The topological polar surface area (TPSA) is 42.0 Å². The van der Waals surface area contributed by atoms with E-state index in [1.165, 1.54) is 0 Å². The van der Waals surface area contributed by atoms with Gasteiger partial charge in [0.15, 0.2) is 0 Å². The minimum atomic E-state index is 0.0517. The third kappa shape index (κ3) is 4.68. The first kappa shape index (κ1) is 18.5. The van der Waals surface area contributed by atoms with E-state index in [1.807, 2.05) is 47.4 Å². The summed E-state index contributed by atoms with van der Waals surface area (Å²) in [5.41, 5.74) is 0.667. The highest BCUT2D eigenvalue weighted by molar-refractivity contribution is 6.32. The average molecular weight is 375 g/mol. The predicted molar refractivity (Wildman–Crippen MR) is 102 cm³/mol. The van der Waals surface area contributed by atoms with E-state index in [4.69, 9.17) is 21.1 Å². The summed E-state index contributed by atoms with van der Waals surface area (Å²) in [6.45, 7) is 4.48. The lowest BCUT2D eigenvalue weighted by Gasteiger charge is -2.34. The van der Waals surface area contributed by atoms with Gasteiger partial charge in [-0.1, -0.05) is 29.8 Å². The molecule has 0 bridgehead atoms. The summed E-state index contributed by atoms with van der Waals surface area (Å²) in [6.07, 6.45) is 0. The normalized spacial score (nSPS) is 14.9. The van der Waals surface area contributed by atoms with Gasteiger partial charge >= 0.3 is 0 Å². The van der Waals surface area contributed by atoms with Crippen LogP contribution < -0.4 is 9.47 Å². The van der Waals surface area contributed by atoms with Crippen molar-refractivity contribution in [2.45, 2.75) is 0 Å². The van der Waals surface area contributed by atoms with E-state index < -0.39 is 0 Å². The van der Waals surface area contributed by atoms with Crippen LogP contribution >= 0.6 is 11.6 Å². The van der Waals surface area contributed by atoms with Crippen molar-refractivity contribution in [3.05, 3.63) is 59.1 Å². The van der Waals surface area contributed by atoms with E-state index in [0.29, 0.717) is 41.8 Å². The Morgan fingerprint density at radius 1 is 1.08 bits per heavy atom. The summed E-state index contributed by atoms with van der Waals surface area (Å²) in [5.74, 6) is 1.46. The molecule has 3 rings (SSSR count). The highest BCUT2D eigenvalue weighted by Crippen LogP contribution is 2.23. The van der Waals surface area contributed by atoms with Gasteiger partial charge in [0.1, 0.15) is 18.1 Å². The number of rotatable bonds is 6. The number of benzene rings is 2. The van der Waals surface area contributed by atoms with Crippen LogP contribution in [0.15, 0.2) is 48.5 Å². The van der Waals surface area contributed by atoms with Gasteiger partial charge < -0.3 is 14.4 Å². The molecule has 0 unspecified atom stereocenters. The molecule has 6 heteroatoms. The first-order valence-corrected chi connectivity index (χ1v) is 9.08. The molecule has 1 aliphatic rings. The quantitative estimate of drug-likeness (QED) is 0.778. The summed E-state index contributed by atoms with van der Waals surface area (Å²) >= 11 is 6.09. The maximum atomic E-state index is 12.6. The van der Waals surface area contributed by atoms with Crippen molar-refractivity contribution in [2.75, 3.05) is 46.4 Å². The van der Waals surface area contributed by atoms with Crippen LogP contribution in [0.2, 0.25) is 5.02 Å². The predicted octanol–water partition coefficient (Wildman–Crippen LogP) is 3.19. The second-order valence-electron chi connectivity index (χ2n) is 6.14. The van der Waals surface area contributed by atoms with Crippen LogP contribution in [0.3, 0.4) is 0 Å². The fraction of sp³-hybridized carbons (Fsp3) is 0.350. The molecule has 26 heavy (non-hydrogen) atoms. The van der Waals surface area contributed by atoms with Crippen LogP contribution in [0.5, 0.6) is 11.5 Å². The van der Waals surface area contributed by atoms with Crippen molar-refractivity contribution < 1.29 is 14.3 Å². The summed E-state index contributed by atoms with van der Waals surface area (Å²) in [6, 6.07) is 14.8. The minimum Gasteiger partial charge on any atom is -0.497 e. The zero-order valence-corrected chi connectivity index (χ0v) is 15.6. The van der Waals surface area contributed by atoms with E-state index in [-0.39, 0.29) is 5.91 Å². The number of piperazine rings is 1. The fourth-order valence-electron chi connectivity index (χ4n) is 2.96. The minimum absolute atomic E-state index is 0.0517. The molecule has 0 N–H and O–H groups in total. The van der Waals surface area contributed by atoms with Gasteiger partial charge in [-0.3, -0.25) is 9.69 Å². The smallest absolute Gasteiger partial charge is 0.254 e. The van der Waals surface area contributed by atoms with Crippen molar-refractivity contribution >= 4 is 17.5 Å². The molecular weight excluding hydrogens is 352 g/mol. The Hall–Kier alpha value is -2.24. The number of carbonyl (C=O) groups is 1. The molecule has 0 atom stereocenters. The van der Waals surface area contributed by atoms with Crippen molar-refractivity contribution in [1.29, 1.82) is 0 Å². The largest absolute Gasteiger partial charge is 0.497 e. The zero-order valence-electron chi connectivity index (χ0n) is 14.9. The van der Waals surface area contributed by atoms with E-state index in [1.54, 1.807) is 13.2 Å². The lowest BCUT2D eigenvalue weighted by molar-refractivity contribution is 0.0620. The molecule has 138 valence electrons. The van der Waals surface area contributed by atoms with Crippen LogP contribution in [0.4, 0.5) is 0 Å². The highest BCUT2D eigenvalue weighted by atomic mass is 35.5. The van der Waals surface area contributed by atoms with E-state index in [2.05, 4.69) is 4.90 Å². The van der Waals surface area contributed by atoms with Gasteiger partial charge in [0.2, 0.25) is 0 Å². The van der Waals surface area contributed by atoms with Crippen LogP contribution in [-0.4, -0.2) is 62.1 Å². The number of halogens is 1. The molecule has 1 amide bonds. The molecule has 1 aliphatic heterocycles. The Balaban J connectivity index is 1.45. The second kappa shape index (κ2) is 8.92. The Morgan fingerprint density at radius 3 is 2.58 bits per heavy atom. The number of ether oxygens (including phenoxy) is 2. The number of methoxy groups -OCH3 is 1. The monoisotopic (exact) mass is 374 g/mol. The Kier molecular flexibility index (Phi) is 6.36. The Labute approximate surface area is 159 Å². The summed E-state index contributed by atoms with van der Waals surface area (Å²) in [5, 5.41) is 0.626. The van der Waals surface area contributed by atoms with Gasteiger partial charge in [-0.15, -0.1) is 0 Å². The molecule has 2 aromatic carbocycles. The standard InChI is InChI=1S/C20H23ClN2O3/c1-25-17-6-4-5-16(15-17)20(24)23-11-9-22(10-12-23)13-14-26-19-8-3-2-7-18(19)21/h2-8,15H,9-14H2,1H3. The highest BCUT2D eigenvalue weighted by Gasteiger charge is 2.22. The second-order valence-corrected chi connectivity index (χ2v) is 6.55. The maximum Gasteiger partial charge on any atom is 0.254 e. The van der Waals surface area contributed by atoms with Crippen LogP contribution in [-0.2, 0) is 0 Å². The van der Waals surface area contributed by atoms with E-state index in [9.17, 15) is 4.79 Å². The Bertz CT molecular complexity index is 745. The van der Waals surface area contributed by atoms with Crippen molar-refractivity contribution in [1.82, 2.24) is 9.80 Å². The van der Waals surface area contributed by atoms with Gasteiger partial charge in [-0.2, -0.15) is 0 Å². The lowest BCUT2D eigenvalue weighted by atomic mass is 10.1. The maximum absolute atomic E-state index is 12.6. The third-order valence-corrected chi connectivity index (χ3v) is 4.79. The fourth-order valence-corrected chi connectivity index (χ4v) is 3.15. The number of hydrogen-bond acceptors (Lipinski definition) is 4. The summed E-state index contributed by atoms with van der Waals surface area (Å²) < 4.78 is 10.9. The molecular formula is C20H23ClN2O3. The molecule has 0 saturated carbocycles. The molecule has 0 aliphatic carbocycles. The Morgan fingerprint density at radius 2 is 1.85 bits per heavy atom. The van der Waals surface area contributed by atoms with Crippen LogP contribution in [0.25, 0.3) is 0 Å². The van der Waals surface area contributed by atoms with E-state index >= 15 is 0 Å². The number of para-hydroxylation sites is 1. The molecule has 5 nitrogen and oxygen atoms in total. The first-order chi connectivity index (χ1) is 12.7. The summed E-state index contributed by atoms with van der Waals surface area (Å²) in [4.78, 5) is 16.8. The third-order valence-electron chi connectivity index (χ3n) is 4.48. The molecule has 2 aromatic rings. The van der Waals surface area contributed by atoms with Gasteiger partial charge in [0.25, 0.3) is 5.91 Å². The van der Waals surface area contributed by atoms with Gasteiger partial charge in [0.05, 0.1) is 12.1 Å². The van der Waals surface area contributed by atoms with Gasteiger partial charge in [0, 0.05) is 38.3 Å². The van der Waals surface area contributed by atoms with Gasteiger partial charge in [-0.05, 0) is 30.3 Å². The van der Waals surface area contributed by atoms with Crippen LogP contribution in [0.1, 0.15) is 10.4 Å². The lowest BCUT2D eigenvalue weighted by Crippen LogP contribution is -2.49. The number of hydrogen-bond donors (Lipinski definition) is 0. The van der Waals surface area contributed by atoms with Crippen molar-refractivity contribution in [2.24, 2.45) is 0 Å². The van der Waals surface area contributed by atoms with Crippen LogP contribution in [0, 0.1) is 0 Å². The molecule has 0 spiro atoms. The molecule has 1 saturated heterocycles. The zero-order chi connectivity index (χ0) is 18.4. The first-order valence-electron chi connectivity index (χ1n) is 8.70. The van der Waals surface area contributed by atoms with E-state index in [0.717, 1.165) is 19.6 Å². The molecule has 0 aromatic heterocycles. The number of carbonyl (C=O) groups excluding carboxylic acids is 1.